The molecule has 0 aromatic carbocycles. The predicted octanol–water partition coefficient (Wildman–Crippen LogP) is 1.69. The lowest BCUT2D eigenvalue weighted by Crippen LogP contribution is -2.49. The second kappa shape index (κ2) is 5.03. The third-order valence-corrected chi connectivity index (χ3v) is 3.75. The fourth-order valence-electron chi connectivity index (χ4n) is 2.75. The molecule has 2 unspecified atom stereocenters. The second-order valence-electron chi connectivity index (χ2n) is 6.35. The Hall–Kier alpha value is -0.120. The molecule has 0 amide bonds. The molecule has 3 nitrogen and oxygen atoms in total. The van der Waals surface area contributed by atoms with Gasteiger partial charge in [-0.05, 0) is 38.8 Å². The molecule has 2 aliphatic heterocycles. The Morgan fingerprint density at radius 2 is 2.25 bits per heavy atom. The maximum atomic E-state index is 5.90. The average molecular weight is 226 g/mol. The molecule has 2 heterocycles. The highest BCUT2D eigenvalue weighted by molar-refractivity contribution is 4.80. The zero-order chi connectivity index (χ0) is 11.6. The van der Waals surface area contributed by atoms with E-state index in [0.29, 0.717) is 11.6 Å². The number of rotatable bonds is 2. The Bertz CT molecular complexity index is 220. The van der Waals surface area contributed by atoms with Crippen molar-refractivity contribution in [2.75, 3.05) is 33.3 Å². The van der Waals surface area contributed by atoms with Crippen LogP contribution in [-0.4, -0.2) is 44.4 Å². The first-order valence-electron chi connectivity index (χ1n) is 6.59. The zero-order valence-electron chi connectivity index (χ0n) is 11.0. The summed E-state index contributed by atoms with van der Waals surface area (Å²) in [5.74, 6) is 0.817. The van der Waals surface area contributed by atoms with E-state index in [0.717, 1.165) is 19.1 Å². The van der Waals surface area contributed by atoms with Crippen LogP contribution in [0.1, 0.15) is 33.1 Å². The molecule has 2 fully saturated rings. The molecular formula is C13H26N2O. The van der Waals surface area contributed by atoms with Crippen molar-refractivity contribution < 1.29 is 4.74 Å². The number of hydrogen-bond acceptors (Lipinski definition) is 3. The van der Waals surface area contributed by atoms with Crippen LogP contribution in [0.2, 0.25) is 0 Å². The lowest BCUT2D eigenvalue weighted by atomic mass is 9.91. The van der Waals surface area contributed by atoms with Crippen molar-refractivity contribution in [1.82, 2.24) is 10.2 Å². The van der Waals surface area contributed by atoms with Gasteiger partial charge in [0, 0.05) is 18.5 Å². The van der Waals surface area contributed by atoms with Crippen LogP contribution in [0.4, 0.5) is 0 Å². The van der Waals surface area contributed by atoms with E-state index < -0.39 is 0 Å². The summed E-state index contributed by atoms with van der Waals surface area (Å²) in [5.41, 5.74) is 0.305. The minimum Gasteiger partial charge on any atom is -0.363 e. The van der Waals surface area contributed by atoms with E-state index in [9.17, 15) is 0 Å². The van der Waals surface area contributed by atoms with Crippen LogP contribution in [0.25, 0.3) is 0 Å². The van der Waals surface area contributed by atoms with Crippen LogP contribution in [0, 0.1) is 11.3 Å². The maximum absolute atomic E-state index is 5.90. The summed E-state index contributed by atoms with van der Waals surface area (Å²) in [6, 6.07) is 0. The van der Waals surface area contributed by atoms with Crippen molar-refractivity contribution in [1.29, 1.82) is 0 Å². The summed E-state index contributed by atoms with van der Waals surface area (Å²) in [6.45, 7) is 9.00. The summed E-state index contributed by atoms with van der Waals surface area (Å²) < 4.78 is 5.90. The third-order valence-electron chi connectivity index (χ3n) is 3.75. The van der Waals surface area contributed by atoms with E-state index in [-0.39, 0.29) is 0 Å². The van der Waals surface area contributed by atoms with Crippen molar-refractivity contribution in [2.45, 2.75) is 39.3 Å². The lowest BCUT2D eigenvalue weighted by molar-refractivity contribution is -0.0704. The summed E-state index contributed by atoms with van der Waals surface area (Å²) in [6.07, 6.45) is 4.19. The van der Waals surface area contributed by atoms with Gasteiger partial charge in [-0.25, -0.2) is 0 Å². The standard InChI is InChI=1S/C13H26N2O/c1-13(2)9-14-12(16-10-13)7-11-5-4-6-15(3)8-11/h11-12,14H,4-10H2,1-3H3. The summed E-state index contributed by atoms with van der Waals surface area (Å²) in [7, 11) is 2.23. The molecule has 0 saturated carbocycles. The van der Waals surface area contributed by atoms with Gasteiger partial charge in [0.25, 0.3) is 0 Å². The van der Waals surface area contributed by atoms with Crippen molar-refractivity contribution in [3.05, 3.63) is 0 Å². The highest BCUT2D eigenvalue weighted by Gasteiger charge is 2.29. The van der Waals surface area contributed by atoms with Crippen LogP contribution < -0.4 is 5.32 Å². The van der Waals surface area contributed by atoms with Gasteiger partial charge in [-0.3, -0.25) is 5.32 Å². The first-order chi connectivity index (χ1) is 7.55. The van der Waals surface area contributed by atoms with E-state index in [4.69, 9.17) is 4.74 Å². The molecule has 0 aromatic rings. The SMILES string of the molecule is CN1CCCC(CC2NCC(C)(C)CO2)C1. The Kier molecular flexibility index (Phi) is 3.88. The molecule has 0 spiro atoms. The van der Waals surface area contributed by atoms with Gasteiger partial charge < -0.3 is 9.64 Å². The highest BCUT2D eigenvalue weighted by Crippen LogP contribution is 2.25. The van der Waals surface area contributed by atoms with Crippen molar-refractivity contribution in [3.8, 4) is 0 Å². The average Bonchev–Trinajstić information content (AvgIpc) is 2.21. The number of hydrogen-bond donors (Lipinski definition) is 1. The number of nitrogens with zero attached hydrogens (tertiary/aromatic N) is 1. The Balaban J connectivity index is 1.74. The molecule has 2 saturated heterocycles. The molecule has 0 aliphatic carbocycles. The topological polar surface area (TPSA) is 24.5 Å². The van der Waals surface area contributed by atoms with E-state index >= 15 is 0 Å². The largest absolute Gasteiger partial charge is 0.363 e. The van der Waals surface area contributed by atoms with Gasteiger partial charge in [0.05, 0.1) is 6.61 Å². The van der Waals surface area contributed by atoms with Gasteiger partial charge >= 0.3 is 0 Å². The first kappa shape index (κ1) is 12.3. The molecule has 2 rings (SSSR count). The van der Waals surface area contributed by atoms with Gasteiger partial charge in [-0.1, -0.05) is 13.8 Å². The Morgan fingerprint density at radius 1 is 1.44 bits per heavy atom. The molecule has 2 atom stereocenters. The third kappa shape index (κ3) is 3.44. The summed E-state index contributed by atoms with van der Waals surface area (Å²) >= 11 is 0. The zero-order valence-corrected chi connectivity index (χ0v) is 11.0. The van der Waals surface area contributed by atoms with Gasteiger partial charge in [-0.15, -0.1) is 0 Å². The number of nitrogens with one attached hydrogen (secondary N) is 1. The smallest absolute Gasteiger partial charge is 0.108 e. The Morgan fingerprint density at radius 3 is 2.88 bits per heavy atom. The normalized spacial score (nSPS) is 36.2. The van der Waals surface area contributed by atoms with Crippen molar-refractivity contribution in [2.24, 2.45) is 11.3 Å². The van der Waals surface area contributed by atoms with E-state index in [2.05, 4.69) is 31.1 Å². The number of piperidine rings is 1. The van der Waals surface area contributed by atoms with Gasteiger partial charge in [0.1, 0.15) is 6.23 Å². The fraction of sp³-hybridized carbons (Fsp3) is 1.00. The molecule has 16 heavy (non-hydrogen) atoms. The van der Waals surface area contributed by atoms with Crippen LogP contribution in [-0.2, 0) is 4.74 Å². The molecule has 0 aromatic heterocycles. The van der Waals surface area contributed by atoms with Gasteiger partial charge in [0.2, 0.25) is 0 Å². The molecule has 2 aliphatic rings. The van der Waals surface area contributed by atoms with Crippen LogP contribution >= 0.6 is 0 Å². The predicted molar refractivity (Wildman–Crippen MR) is 66.4 cm³/mol. The van der Waals surface area contributed by atoms with Crippen LogP contribution in [0.5, 0.6) is 0 Å². The fourth-order valence-corrected chi connectivity index (χ4v) is 2.75. The highest BCUT2D eigenvalue weighted by atomic mass is 16.5. The van der Waals surface area contributed by atoms with Gasteiger partial charge in [-0.2, -0.15) is 0 Å². The maximum Gasteiger partial charge on any atom is 0.108 e. The second-order valence-corrected chi connectivity index (χ2v) is 6.35. The molecular weight excluding hydrogens is 200 g/mol. The molecule has 0 bridgehead atoms. The van der Waals surface area contributed by atoms with E-state index in [1.165, 1.54) is 32.4 Å². The van der Waals surface area contributed by atoms with Crippen molar-refractivity contribution in [3.63, 3.8) is 0 Å². The monoisotopic (exact) mass is 226 g/mol. The quantitative estimate of drug-likeness (QED) is 0.775. The molecule has 94 valence electrons. The number of ether oxygens (including phenoxy) is 1. The minimum atomic E-state index is 0.296. The Labute approximate surface area is 99.5 Å². The molecule has 0 radical (unpaired) electrons. The van der Waals surface area contributed by atoms with Crippen LogP contribution in [0.3, 0.4) is 0 Å². The minimum absolute atomic E-state index is 0.296. The number of likely N-dealkylation sites (tertiary alicyclic amines) is 1. The van der Waals surface area contributed by atoms with Crippen LogP contribution in [0.15, 0.2) is 0 Å². The summed E-state index contributed by atoms with van der Waals surface area (Å²) in [5, 5.41) is 3.53. The lowest BCUT2D eigenvalue weighted by Gasteiger charge is -2.38. The van der Waals surface area contributed by atoms with E-state index in [1.807, 2.05) is 0 Å². The van der Waals surface area contributed by atoms with Gasteiger partial charge in [0.15, 0.2) is 0 Å². The summed E-state index contributed by atoms with van der Waals surface area (Å²) in [4.78, 5) is 2.45. The molecule has 1 N–H and O–H groups in total. The first-order valence-corrected chi connectivity index (χ1v) is 6.59. The van der Waals surface area contributed by atoms with Crippen molar-refractivity contribution >= 4 is 0 Å². The van der Waals surface area contributed by atoms with E-state index in [1.54, 1.807) is 0 Å². The molecule has 3 heteroatoms.